The zero-order valence-corrected chi connectivity index (χ0v) is 19.7. The molecule has 0 radical (unpaired) electrons. The van der Waals surface area contributed by atoms with Crippen molar-refractivity contribution >= 4 is 68.7 Å². The highest BCUT2D eigenvalue weighted by atomic mass is 127. The van der Waals surface area contributed by atoms with Crippen molar-refractivity contribution in [1.29, 1.82) is 0 Å². The second-order valence-electron chi connectivity index (χ2n) is 6.14. The Balaban J connectivity index is 2.05. The van der Waals surface area contributed by atoms with Gasteiger partial charge in [0, 0.05) is 19.5 Å². The number of hydrogen-bond donors (Lipinski definition) is 4. The predicted molar refractivity (Wildman–Crippen MR) is 126 cm³/mol. The number of rotatable bonds is 7. The molecule has 2 atom stereocenters. The van der Waals surface area contributed by atoms with Crippen LogP contribution in [0.5, 0.6) is 5.75 Å². The molecule has 0 saturated carbocycles. The van der Waals surface area contributed by atoms with Crippen molar-refractivity contribution in [2.75, 3.05) is 29.5 Å². The lowest BCUT2D eigenvalue weighted by Crippen LogP contribution is -2.35. The SMILES string of the molecule is COc1c(Nc2cc(Cl)nc3c2NC(C(F)F)N3PI)cccc1/C(N)=N/N(C)N. The molecule has 162 valence electrons. The highest BCUT2D eigenvalue weighted by Crippen LogP contribution is 2.49. The Morgan fingerprint density at radius 3 is 2.83 bits per heavy atom. The van der Waals surface area contributed by atoms with Gasteiger partial charge in [0.2, 0.25) is 0 Å². The van der Waals surface area contributed by atoms with Crippen molar-refractivity contribution in [3.63, 3.8) is 0 Å². The van der Waals surface area contributed by atoms with Gasteiger partial charge in [-0.05, 0) is 34.2 Å². The first kappa shape index (κ1) is 22.8. The van der Waals surface area contributed by atoms with E-state index in [1.807, 2.05) is 22.0 Å². The maximum atomic E-state index is 13.5. The molecule has 30 heavy (non-hydrogen) atoms. The van der Waals surface area contributed by atoms with E-state index < -0.39 is 12.6 Å². The van der Waals surface area contributed by atoms with Crippen LogP contribution >= 0.6 is 40.0 Å². The minimum absolute atomic E-state index is 0.0402. The number of halogens is 4. The summed E-state index contributed by atoms with van der Waals surface area (Å²) in [5.74, 6) is 6.44. The summed E-state index contributed by atoms with van der Waals surface area (Å²) < 4.78 is 34.0. The monoisotopic (exact) mass is 570 g/mol. The van der Waals surface area contributed by atoms with Gasteiger partial charge >= 0.3 is 0 Å². The molecule has 2 aromatic rings. The number of pyridine rings is 1. The smallest absolute Gasteiger partial charge is 0.277 e. The second-order valence-corrected chi connectivity index (χ2v) is 8.62. The summed E-state index contributed by atoms with van der Waals surface area (Å²) in [5.41, 5.74) is 7.95. The van der Waals surface area contributed by atoms with Crippen LogP contribution in [0.25, 0.3) is 0 Å². The van der Waals surface area contributed by atoms with E-state index in [9.17, 15) is 8.78 Å². The molecule has 1 aliphatic heterocycles. The summed E-state index contributed by atoms with van der Waals surface area (Å²) in [5, 5.41) is 11.2. The van der Waals surface area contributed by atoms with Crippen LogP contribution in [0.2, 0.25) is 5.15 Å². The van der Waals surface area contributed by atoms with Gasteiger partial charge in [0.05, 0.1) is 24.0 Å². The highest BCUT2D eigenvalue weighted by molar-refractivity contribution is 14.2. The van der Waals surface area contributed by atoms with Crippen molar-refractivity contribution in [3.05, 3.63) is 35.0 Å². The van der Waals surface area contributed by atoms with Crippen LogP contribution in [0.4, 0.5) is 31.7 Å². The largest absolute Gasteiger partial charge is 0.494 e. The third-order valence-corrected chi connectivity index (χ3v) is 6.55. The number of alkyl halides is 2. The van der Waals surface area contributed by atoms with Crippen LogP contribution < -0.4 is 31.6 Å². The molecule has 2 heterocycles. The van der Waals surface area contributed by atoms with Crippen LogP contribution in [0.1, 0.15) is 5.56 Å². The first-order valence-corrected chi connectivity index (χ1v) is 12.9. The average molecular weight is 571 g/mol. The molecule has 0 aliphatic carbocycles. The molecule has 1 aromatic carbocycles. The fourth-order valence-corrected chi connectivity index (χ4v) is 5.25. The number of hydrazone groups is 1. The number of nitrogens with zero attached hydrogens (tertiary/aromatic N) is 4. The van der Waals surface area contributed by atoms with Crippen molar-refractivity contribution in [2.24, 2.45) is 16.7 Å². The number of amidine groups is 1. The lowest BCUT2D eigenvalue weighted by atomic mass is 10.1. The summed E-state index contributed by atoms with van der Waals surface area (Å²) in [6, 6.07) is 6.77. The number of methoxy groups -OCH3 is 1. The van der Waals surface area contributed by atoms with Gasteiger partial charge < -0.3 is 25.8 Å². The quantitative estimate of drug-likeness (QED) is 0.0758. The van der Waals surface area contributed by atoms with Crippen LogP contribution in [-0.4, -0.2) is 42.7 Å². The number of para-hydroxylation sites is 1. The predicted octanol–water partition coefficient (Wildman–Crippen LogP) is 3.68. The number of benzene rings is 1. The molecule has 1 aliphatic rings. The normalized spacial score (nSPS) is 16.2. The number of hydrazine groups is 1. The first-order chi connectivity index (χ1) is 14.3. The Bertz CT molecular complexity index is 967. The van der Waals surface area contributed by atoms with Gasteiger partial charge in [-0.3, -0.25) is 0 Å². The number of nitrogens with two attached hydrogens (primary N) is 2. The van der Waals surface area contributed by atoms with Crippen LogP contribution in [0.15, 0.2) is 29.4 Å². The molecule has 0 spiro atoms. The topological polar surface area (TPSA) is 117 Å². The van der Waals surface area contributed by atoms with E-state index >= 15 is 0 Å². The van der Waals surface area contributed by atoms with Gasteiger partial charge in [-0.25, -0.2) is 24.7 Å². The Labute approximate surface area is 191 Å². The summed E-state index contributed by atoms with van der Waals surface area (Å²) in [6.07, 6.45) is -3.77. The van der Waals surface area contributed by atoms with Gasteiger partial charge in [-0.1, -0.05) is 17.7 Å². The van der Waals surface area contributed by atoms with Crippen LogP contribution in [0, 0.1) is 0 Å². The van der Waals surface area contributed by atoms with Crippen molar-refractivity contribution < 1.29 is 13.5 Å². The molecule has 9 nitrogen and oxygen atoms in total. The molecule has 6 N–H and O–H groups in total. The number of nitrogens with one attached hydrogen (secondary N) is 2. The molecule has 3 rings (SSSR count). The van der Waals surface area contributed by atoms with E-state index in [-0.39, 0.29) is 17.4 Å². The summed E-state index contributed by atoms with van der Waals surface area (Å²) >= 11 is 8.20. The summed E-state index contributed by atoms with van der Waals surface area (Å²) in [6.45, 7) is 0. The van der Waals surface area contributed by atoms with Gasteiger partial charge in [-0.2, -0.15) is 0 Å². The summed E-state index contributed by atoms with van der Waals surface area (Å²) in [7, 11) is 3.02. The number of hydrogen-bond acceptors (Lipinski definition) is 8. The van der Waals surface area contributed by atoms with Gasteiger partial charge in [0.25, 0.3) is 6.43 Å². The molecular formula is C16H19ClF2IN8OP. The van der Waals surface area contributed by atoms with E-state index in [0.29, 0.717) is 34.2 Å². The van der Waals surface area contributed by atoms with Crippen LogP contribution in [-0.2, 0) is 0 Å². The van der Waals surface area contributed by atoms with Crippen molar-refractivity contribution in [2.45, 2.75) is 12.6 Å². The number of ether oxygens (including phenoxy) is 1. The Morgan fingerprint density at radius 2 is 2.23 bits per heavy atom. The summed E-state index contributed by atoms with van der Waals surface area (Å²) in [4.78, 5) is 4.23. The molecule has 0 saturated heterocycles. The first-order valence-electron chi connectivity index (χ1n) is 8.44. The molecule has 0 fully saturated rings. The fraction of sp³-hybridized carbons (Fsp3) is 0.250. The van der Waals surface area contributed by atoms with Crippen molar-refractivity contribution in [1.82, 2.24) is 10.1 Å². The molecule has 2 unspecified atom stereocenters. The standard InChI is InChI=1S/C16H19ClF2IN8OP/c1-27(22)26-14(21)7-4-3-5-8(12(7)29-2)23-9-6-10(17)24-15-11(9)25-16(13(18)19)28(15)30-20/h3-6,13,16,25,30H,22H2,1-2H3,(H2,21,26)(H,23,24). The molecule has 0 bridgehead atoms. The lowest BCUT2D eigenvalue weighted by molar-refractivity contribution is 0.130. The number of fused-ring (bicyclic) bond motifs is 1. The van der Waals surface area contributed by atoms with Gasteiger partial charge in [-0.15, -0.1) is 5.10 Å². The Morgan fingerprint density at radius 1 is 1.50 bits per heavy atom. The fourth-order valence-electron chi connectivity index (χ4n) is 2.95. The van der Waals surface area contributed by atoms with E-state index in [1.54, 1.807) is 24.3 Å². The average Bonchev–Trinajstić information content (AvgIpc) is 3.06. The molecular weight excluding hydrogens is 552 g/mol. The minimum atomic E-state index is -2.62. The Hall–Kier alpha value is -1.89. The maximum absolute atomic E-state index is 13.5. The zero-order valence-electron chi connectivity index (χ0n) is 15.8. The molecule has 14 heteroatoms. The van der Waals surface area contributed by atoms with Crippen LogP contribution in [0.3, 0.4) is 0 Å². The Kier molecular flexibility index (Phi) is 7.22. The van der Waals surface area contributed by atoms with Gasteiger partial charge in [0.15, 0.2) is 23.6 Å². The van der Waals surface area contributed by atoms with E-state index in [0.717, 1.165) is 5.12 Å². The minimum Gasteiger partial charge on any atom is -0.494 e. The molecule has 1 aromatic heterocycles. The second kappa shape index (κ2) is 9.50. The van der Waals surface area contributed by atoms with E-state index in [2.05, 4.69) is 20.7 Å². The lowest BCUT2D eigenvalue weighted by Gasteiger charge is -2.22. The number of anilines is 4. The van der Waals surface area contributed by atoms with Gasteiger partial charge in [0.1, 0.15) is 10.8 Å². The van der Waals surface area contributed by atoms with E-state index in [4.69, 9.17) is 27.9 Å². The zero-order chi connectivity index (χ0) is 22.0. The third kappa shape index (κ3) is 4.56. The third-order valence-electron chi connectivity index (χ3n) is 4.13. The maximum Gasteiger partial charge on any atom is 0.277 e. The number of aromatic nitrogens is 1. The van der Waals surface area contributed by atoms with E-state index in [1.165, 1.54) is 18.8 Å². The van der Waals surface area contributed by atoms with Crippen molar-refractivity contribution in [3.8, 4) is 5.75 Å². The molecule has 0 amide bonds. The highest BCUT2D eigenvalue weighted by Gasteiger charge is 2.38.